The largest absolute Gasteiger partial charge is 0.492 e. The highest BCUT2D eigenvalue weighted by molar-refractivity contribution is 5.96. The zero-order valence-corrected chi connectivity index (χ0v) is 13.1. The number of rotatable bonds is 4. The highest BCUT2D eigenvalue weighted by atomic mass is 16.5. The summed E-state index contributed by atoms with van der Waals surface area (Å²) >= 11 is 0. The van der Waals surface area contributed by atoms with Crippen LogP contribution in [0.1, 0.15) is 50.5 Å². The van der Waals surface area contributed by atoms with Gasteiger partial charge in [-0.3, -0.25) is 9.69 Å². The van der Waals surface area contributed by atoms with Gasteiger partial charge in [-0.05, 0) is 47.1 Å². The smallest absolute Gasteiger partial charge is 0.160 e. The highest BCUT2D eigenvalue weighted by Gasteiger charge is 2.30. The van der Waals surface area contributed by atoms with E-state index < -0.39 is 0 Å². The number of nitrogens with zero attached hydrogens (tertiary/aromatic N) is 1. The van der Waals surface area contributed by atoms with Crippen molar-refractivity contribution in [1.29, 1.82) is 0 Å². The van der Waals surface area contributed by atoms with E-state index in [0.717, 1.165) is 23.3 Å². The lowest BCUT2D eigenvalue weighted by Crippen LogP contribution is -2.50. The Morgan fingerprint density at radius 1 is 1.25 bits per heavy atom. The SMILES string of the molecule is CC(=O)c1cccc2c1CC(N(C(C)C)C(C)C)CO2. The second-order valence-electron chi connectivity index (χ2n) is 6.14. The molecule has 3 heteroatoms. The van der Waals surface area contributed by atoms with Crippen LogP contribution in [0, 0.1) is 0 Å². The van der Waals surface area contributed by atoms with Gasteiger partial charge < -0.3 is 4.74 Å². The molecule has 1 unspecified atom stereocenters. The maximum Gasteiger partial charge on any atom is 0.160 e. The van der Waals surface area contributed by atoms with Crippen LogP contribution in [-0.2, 0) is 6.42 Å². The Balaban J connectivity index is 2.32. The molecule has 0 saturated carbocycles. The number of ketones is 1. The molecule has 1 aromatic carbocycles. The van der Waals surface area contributed by atoms with E-state index in [4.69, 9.17) is 4.74 Å². The number of carbonyl (C=O) groups is 1. The molecular weight excluding hydrogens is 250 g/mol. The summed E-state index contributed by atoms with van der Waals surface area (Å²) in [5.41, 5.74) is 1.88. The Morgan fingerprint density at radius 2 is 1.90 bits per heavy atom. The number of Topliss-reactive ketones (excluding diaryl/α,β-unsaturated/α-hetero) is 1. The summed E-state index contributed by atoms with van der Waals surface area (Å²) in [5.74, 6) is 0.994. The fourth-order valence-electron chi connectivity index (χ4n) is 3.35. The van der Waals surface area contributed by atoms with Gasteiger partial charge in [0.1, 0.15) is 12.4 Å². The topological polar surface area (TPSA) is 29.5 Å². The molecule has 0 N–H and O–H groups in total. The summed E-state index contributed by atoms with van der Waals surface area (Å²) in [4.78, 5) is 14.3. The standard InChI is InChI=1S/C17H25NO2/c1-11(2)18(12(3)4)14-9-16-15(13(5)19)7-6-8-17(16)20-10-14/h6-8,11-12,14H,9-10H2,1-5H3. The molecule has 1 atom stereocenters. The van der Waals surface area contributed by atoms with Gasteiger partial charge in [0.25, 0.3) is 0 Å². The molecular formula is C17H25NO2. The quantitative estimate of drug-likeness (QED) is 0.790. The third kappa shape index (κ3) is 2.88. The van der Waals surface area contributed by atoms with E-state index in [0.29, 0.717) is 24.7 Å². The Bertz CT molecular complexity index is 486. The van der Waals surface area contributed by atoms with Crippen LogP contribution >= 0.6 is 0 Å². The van der Waals surface area contributed by atoms with Crippen LogP contribution < -0.4 is 4.74 Å². The van der Waals surface area contributed by atoms with E-state index in [1.54, 1.807) is 6.92 Å². The Kier molecular flexibility index (Phi) is 4.48. The molecule has 2 rings (SSSR count). The van der Waals surface area contributed by atoms with E-state index in [9.17, 15) is 4.79 Å². The molecule has 1 aliphatic rings. The Labute approximate surface area is 121 Å². The number of hydrogen-bond donors (Lipinski definition) is 0. The molecule has 0 aliphatic carbocycles. The number of benzene rings is 1. The summed E-state index contributed by atoms with van der Waals surface area (Å²) < 4.78 is 5.91. The molecule has 0 aromatic heterocycles. The van der Waals surface area contributed by atoms with E-state index >= 15 is 0 Å². The minimum absolute atomic E-state index is 0.117. The van der Waals surface area contributed by atoms with Crippen molar-refractivity contribution >= 4 is 5.78 Å². The molecule has 3 nitrogen and oxygen atoms in total. The van der Waals surface area contributed by atoms with Gasteiger partial charge in [0.15, 0.2) is 5.78 Å². The summed E-state index contributed by atoms with van der Waals surface area (Å²) in [5, 5.41) is 0. The molecule has 1 heterocycles. The fourth-order valence-corrected chi connectivity index (χ4v) is 3.35. The van der Waals surface area contributed by atoms with Crippen LogP contribution in [0.4, 0.5) is 0 Å². The van der Waals surface area contributed by atoms with E-state index in [-0.39, 0.29) is 5.78 Å². The van der Waals surface area contributed by atoms with E-state index in [1.807, 2.05) is 18.2 Å². The first-order valence-electron chi connectivity index (χ1n) is 7.44. The summed E-state index contributed by atoms with van der Waals surface area (Å²) in [6, 6.07) is 7.04. The van der Waals surface area contributed by atoms with Crippen molar-refractivity contribution in [2.45, 2.75) is 59.2 Å². The third-order valence-corrected chi connectivity index (χ3v) is 4.00. The van der Waals surface area contributed by atoms with Gasteiger partial charge >= 0.3 is 0 Å². The number of ether oxygens (including phenoxy) is 1. The zero-order valence-electron chi connectivity index (χ0n) is 13.1. The Hall–Kier alpha value is -1.35. The van der Waals surface area contributed by atoms with E-state index in [2.05, 4.69) is 32.6 Å². The molecule has 0 amide bonds. The number of carbonyl (C=O) groups excluding carboxylic acids is 1. The summed E-state index contributed by atoms with van der Waals surface area (Å²) in [6.07, 6.45) is 0.890. The number of hydrogen-bond acceptors (Lipinski definition) is 3. The van der Waals surface area contributed by atoms with Crippen molar-refractivity contribution in [3.63, 3.8) is 0 Å². The minimum Gasteiger partial charge on any atom is -0.492 e. The maximum atomic E-state index is 11.8. The molecule has 110 valence electrons. The third-order valence-electron chi connectivity index (χ3n) is 4.00. The lowest BCUT2D eigenvalue weighted by Gasteiger charge is -2.40. The normalized spacial score (nSPS) is 18.3. The molecule has 0 saturated heterocycles. The van der Waals surface area contributed by atoms with Gasteiger partial charge in [0.2, 0.25) is 0 Å². The van der Waals surface area contributed by atoms with Crippen LogP contribution in [0.2, 0.25) is 0 Å². The zero-order chi connectivity index (χ0) is 14.9. The molecule has 0 fully saturated rings. The van der Waals surface area contributed by atoms with Crippen LogP contribution in [0.3, 0.4) is 0 Å². The van der Waals surface area contributed by atoms with Gasteiger partial charge in [-0.2, -0.15) is 0 Å². The predicted molar refractivity (Wildman–Crippen MR) is 81.5 cm³/mol. The second-order valence-corrected chi connectivity index (χ2v) is 6.14. The van der Waals surface area contributed by atoms with E-state index in [1.165, 1.54) is 0 Å². The first-order chi connectivity index (χ1) is 9.41. The van der Waals surface area contributed by atoms with Gasteiger partial charge in [0.05, 0.1) is 0 Å². The molecule has 1 aliphatic heterocycles. The second kappa shape index (κ2) is 5.96. The first-order valence-corrected chi connectivity index (χ1v) is 7.44. The van der Waals surface area contributed by atoms with Crippen LogP contribution in [-0.4, -0.2) is 35.4 Å². The van der Waals surface area contributed by atoms with Crippen molar-refractivity contribution in [2.24, 2.45) is 0 Å². The molecule has 0 radical (unpaired) electrons. The van der Waals surface area contributed by atoms with Crippen molar-refractivity contribution in [2.75, 3.05) is 6.61 Å². The summed E-state index contributed by atoms with van der Waals surface area (Å²) in [7, 11) is 0. The molecule has 0 spiro atoms. The van der Waals surface area contributed by atoms with Crippen LogP contribution in [0.5, 0.6) is 5.75 Å². The summed E-state index contributed by atoms with van der Waals surface area (Å²) in [6.45, 7) is 11.2. The average Bonchev–Trinajstić information content (AvgIpc) is 2.36. The van der Waals surface area contributed by atoms with Gasteiger partial charge in [-0.25, -0.2) is 0 Å². The lowest BCUT2D eigenvalue weighted by molar-refractivity contribution is 0.0648. The predicted octanol–water partition coefficient (Wildman–Crippen LogP) is 3.31. The Morgan fingerprint density at radius 3 is 2.45 bits per heavy atom. The monoisotopic (exact) mass is 275 g/mol. The van der Waals surface area contributed by atoms with Gasteiger partial charge in [-0.1, -0.05) is 12.1 Å². The average molecular weight is 275 g/mol. The molecule has 20 heavy (non-hydrogen) atoms. The van der Waals surface area contributed by atoms with Gasteiger partial charge in [-0.15, -0.1) is 0 Å². The van der Waals surface area contributed by atoms with Crippen LogP contribution in [0.25, 0.3) is 0 Å². The van der Waals surface area contributed by atoms with Crippen molar-refractivity contribution < 1.29 is 9.53 Å². The van der Waals surface area contributed by atoms with Crippen molar-refractivity contribution in [3.05, 3.63) is 29.3 Å². The molecule has 1 aromatic rings. The fraction of sp³-hybridized carbons (Fsp3) is 0.588. The minimum atomic E-state index is 0.117. The lowest BCUT2D eigenvalue weighted by atomic mass is 9.93. The van der Waals surface area contributed by atoms with Crippen LogP contribution in [0.15, 0.2) is 18.2 Å². The van der Waals surface area contributed by atoms with Gasteiger partial charge in [0, 0.05) is 29.3 Å². The maximum absolute atomic E-state index is 11.8. The molecule has 0 bridgehead atoms. The van der Waals surface area contributed by atoms with Crippen molar-refractivity contribution in [1.82, 2.24) is 4.90 Å². The highest BCUT2D eigenvalue weighted by Crippen LogP contribution is 2.31. The van der Waals surface area contributed by atoms with Crippen molar-refractivity contribution in [3.8, 4) is 5.75 Å². The first kappa shape index (κ1) is 15.0. The number of fused-ring (bicyclic) bond motifs is 1.